The van der Waals surface area contributed by atoms with Crippen LogP contribution >= 0.6 is 0 Å². The van der Waals surface area contributed by atoms with Crippen LogP contribution in [0.15, 0.2) is 72.8 Å². The number of benzene rings is 7. The Morgan fingerprint density at radius 1 is 0.197 bits per heavy atom. The molecule has 24 heteroatoms. The van der Waals surface area contributed by atoms with E-state index in [0.717, 1.165) is 60.7 Å². The maximum Gasteiger partial charge on any atom is 0.215 e. The second-order valence-corrected chi connectivity index (χ2v) is 13.4. The zero-order valence-electron chi connectivity index (χ0n) is 32.4. The third kappa shape index (κ3) is 8.36. The van der Waals surface area contributed by atoms with E-state index in [1.807, 2.05) is 0 Å². The molecule has 0 aromatic heterocycles. The molecule has 7 aromatic carbocycles. The Kier molecular flexibility index (Phi) is 11.0. The normalized spacial score (nSPS) is 10.9. The lowest BCUT2D eigenvalue weighted by molar-refractivity contribution is 0.320. The van der Waals surface area contributed by atoms with E-state index in [1.165, 1.54) is 0 Å². The lowest BCUT2D eigenvalue weighted by atomic mass is 10.2. The van der Waals surface area contributed by atoms with Crippen LogP contribution in [0.4, 0.5) is 0 Å². The summed E-state index contributed by atoms with van der Waals surface area (Å²) in [6.45, 7) is 0. The van der Waals surface area contributed by atoms with Gasteiger partial charge in [0.1, 0.15) is 28.7 Å². The summed E-state index contributed by atoms with van der Waals surface area (Å²) in [7, 11) is 0. The fourth-order valence-corrected chi connectivity index (χ4v) is 5.74. The maximum atomic E-state index is 11.0. The van der Waals surface area contributed by atoms with Crippen molar-refractivity contribution >= 4 is 0 Å². The summed E-state index contributed by atoms with van der Waals surface area (Å²) in [6, 6.07) is 9.33. The van der Waals surface area contributed by atoms with Crippen LogP contribution in [0.25, 0.3) is 0 Å². The van der Waals surface area contributed by atoms with Crippen molar-refractivity contribution in [3.05, 3.63) is 72.8 Å². The summed E-state index contributed by atoms with van der Waals surface area (Å²) >= 11 is 0. The van der Waals surface area contributed by atoms with Crippen molar-refractivity contribution < 1.29 is 120 Å². The zero-order valence-corrected chi connectivity index (χ0v) is 32.4. The van der Waals surface area contributed by atoms with Crippen molar-refractivity contribution in [1.29, 1.82) is 0 Å². The lowest BCUT2D eigenvalue weighted by Crippen LogP contribution is -1.95. The molecule has 342 valence electrons. The maximum absolute atomic E-state index is 11.0. The number of ether oxygens (including phenoxy) is 6. The minimum atomic E-state index is -1.23. The van der Waals surface area contributed by atoms with Gasteiger partial charge in [-0.1, -0.05) is 0 Å². The minimum Gasteiger partial charge on any atom is -0.508 e. The molecule has 0 atom stereocenters. The standard InChI is InChI=1S/C42H30O24/c43-13-1-24(50)39(25(51)2-13)62-16-5-21(47)34(56)29(10-16)65-30-11-22(48)35(57)37(59)41(30)63-15-7-26(52)40(27(53)8-15)66-31-12-23(49)36(58)38(60)42(31)64-17-6-20(46)33(55)28(9-17)61-14-3-18(44)32(54)19(45)4-14/h1-12,43-60H. The van der Waals surface area contributed by atoms with Gasteiger partial charge in [0.15, 0.2) is 80.5 Å². The van der Waals surface area contributed by atoms with Crippen molar-refractivity contribution in [3.8, 4) is 172 Å². The van der Waals surface area contributed by atoms with E-state index < -0.39 is 167 Å². The molecule has 0 aliphatic rings. The Morgan fingerprint density at radius 3 is 0.955 bits per heavy atom. The summed E-state index contributed by atoms with van der Waals surface area (Å²) in [5.41, 5.74) is 0. The van der Waals surface area contributed by atoms with Crippen molar-refractivity contribution in [1.82, 2.24) is 0 Å². The first-order valence-electron chi connectivity index (χ1n) is 17.9. The first-order valence-corrected chi connectivity index (χ1v) is 17.9. The molecular formula is C42H30O24. The van der Waals surface area contributed by atoms with Gasteiger partial charge in [-0.05, 0) is 0 Å². The van der Waals surface area contributed by atoms with E-state index >= 15 is 0 Å². The summed E-state index contributed by atoms with van der Waals surface area (Å²) in [4.78, 5) is 0. The second kappa shape index (κ2) is 16.5. The highest BCUT2D eigenvalue weighted by Crippen LogP contribution is 2.57. The van der Waals surface area contributed by atoms with Gasteiger partial charge in [-0.3, -0.25) is 0 Å². The molecule has 0 unspecified atom stereocenters. The van der Waals surface area contributed by atoms with Crippen molar-refractivity contribution in [2.24, 2.45) is 0 Å². The predicted octanol–water partition coefficient (Wildman–Crippen LogP) is 7.14. The molecule has 0 saturated heterocycles. The number of rotatable bonds is 12. The molecular weight excluding hydrogens is 888 g/mol. The smallest absolute Gasteiger partial charge is 0.215 e. The SMILES string of the molecule is Oc1cc(O)c(Oc2cc(O)c(O)c(Oc3cc(O)c(O)c(O)c3Oc3cc(O)c(Oc4cc(O)c(O)c(O)c4Oc4cc(O)c(O)c(Oc5cc(O)c(O)c(O)c5)c4)c(O)c3)c2)c(O)c1. The van der Waals surface area contributed by atoms with E-state index in [2.05, 4.69) is 0 Å². The van der Waals surface area contributed by atoms with Gasteiger partial charge in [-0.2, -0.15) is 0 Å². The fourth-order valence-electron chi connectivity index (χ4n) is 5.74. The van der Waals surface area contributed by atoms with Gasteiger partial charge in [0.2, 0.25) is 63.2 Å². The third-order valence-electron chi connectivity index (χ3n) is 8.82. The molecule has 7 rings (SSSR count). The first-order chi connectivity index (χ1) is 31.1. The van der Waals surface area contributed by atoms with Gasteiger partial charge in [0, 0.05) is 72.8 Å². The van der Waals surface area contributed by atoms with Gasteiger partial charge >= 0.3 is 0 Å². The average Bonchev–Trinajstić information content (AvgIpc) is 3.24. The third-order valence-corrected chi connectivity index (χ3v) is 8.82. The first kappa shape index (κ1) is 43.8. The second-order valence-electron chi connectivity index (χ2n) is 13.4. The molecule has 0 amide bonds. The van der Waals surface area contributed by atoms with Crippen LogP contribution in [0.2, 0.25) is 0 Å². The number of phenols is 18. The van der Waals surface area contributed by atoms with E-state index in [4.69, 9.17) is 28.4 Å². The Balaban J connectivity index is 1.19. The van der Waals surface area contributed by atoms with Crippen LogP contribution in [-0.4, -0.2) is 91.9 Å². The molecule has 18 N–H and O–H groups in total. The monoisotopic (exact) mass is 918 g/mol. The zero-order chi connectivity index (χ0) is 48.0. The molecule has 0 saturated carbocycles. The molecule has 7 aromatic rings. The van der Waals surface area contributed by atoms with E-state index in [1.54, 1.807) is 0 Å². The van der Waals surface area contributed by atoms with Gasteiger partial charge in [0.25, 0.3) is 0 Å². The van der Waals surface area contributed by atoms with Crippen molar-refractivity contribution in [3.63, 3.8) is 0 Å². The molecule has 0 spiro atoms. The van der Waals surface area contributed by atoms with Crippen LogP contribution in [0.5, 0.6) is 172 Å². The summed E-state index contributed by atoms with van der Waals surface area (Å²) in [5.74, 6) is -25.3. The summed E-state index contributed by atoms with van der Waals surface area (Å²) < 4.78 is 33.1. The van der Waals surface area contributed by atoms with Gasteiger partial charge in [0.05, 0.1) is 0 Å². The topological polar surface area (TPSA) is 420 Å². The highest BCUT2D eigenvalue weighted by molar-refractivity contribution is 5.70. The van der Waals surface area contributed by atoms with Crippen LogP contribution < -0.4 is 28.4 Å². The minimum absolute atomic E-state index is 0.379. The van der Waals surface area contributed by atoms with Crippen molar-refractivity contribution in [2.45, 2.75) is 0 Å². The van der Waals surface area contributed by atoms with E-state index in [-0.39, 0.29) is 5.75 Å². The van der Waals surface area contributed by atoms with Crippen LogP contribution in [0.1, 0.15) is 0 Å². The molecule has 0 bridgehead atoms. The van der Waals surface area contributed by atoms with Crippen LogP contribution in [0, 0.1) is 0 Å². The number of hydrogen-bond donors (Lipinski definition) is 18. The molecule has 0 heterocycles. The largest absolute Gasteiger partial charge is 0.508 e. The highest BCUT2D eigenvalue weighted by atomic mass is 16.6. The molecule has 0 aliphatic carbocycles. The Hall–Kier alpha value is -10.3. The van der Waals surface area contributed by atoms with E-state index in [0.29, 0.717) is 12.1 Å². The Morgan fingerprint density at radius 2 is 0.500 bits per heavy atom. The fraction of sp³-hybridized carbons (Fsp3) is 0. The Bertz CT molecular complexity index is 3020. The van der Waals surface area contributed by atoms with Gasteiger partial charge in [-0.25, -0.2) is 0 Å². The average molecular weight is 919 g/mol. The molecule has 66 heavy (non-hydrogen) atoms. The van der Waals surface area contributed by atoms with Crippen LogP contribution in [0.3, 0.4) is 0 Å². The predicted molar refractivity (Wildman–Crippen MR) is 216 cm³/mol. The molecule has 24 nitrogen and oxygen atoms in total. The van der Waals surface area contributed by atoms with Crippen molar-refractivity contribution in [2.75, 3.05) is 0 Å². The quantitative estimate of drug-likeness (QED) is 0.0541. The summed E-state index contributed by atoms with van der Waals surface area (Å²) in [5, 5.41) is 186. The number of hydrogen-bond acceptors (Lipinski definition) is 24. The van der Waals surface area contributed by atoms with Gasteiger partial charge < -0.3 is 120 Å². The highest BCUT2D eigenvalue weighted by Gasteiger charge is 2.28. The Labute approximate surface area is 365 Å². The number of aromatic hydroxyl groups is 18. The summed E-state index contributed by atoms with van der Waals surface area (Å²) in [6.07, 6.45) is 0. The molecule has 0 fully saturated rings. The molecule has 0 aliphatic heterocycles. The van der Waals surface area contributed by atoms with Gasteiger partial charge in [-0.15, -0.1) is 0 Å². The number of phenolic OH excluding ortho intramolecular Hbond substituents is 18. The lowest BCUT2D eigenvalue weighted by Gasteiger charge is -2.19. The van der Waals surface area contributed by atoms with Crippen LogP contribution in [-0.2, 0) is 0 Å². The van der Waals surface area contributed by atoms with E-state index in [9.17, 15) is 91.9 Å². The molecule has 0 radical (unpaired) electrons.